The number of carbonyl (C=O) groups is 1. The summed E-state index contributed by atoms with van der Waals surface area (Å²) in [5.74, 6) is -3.38. The van der Waals surface area contributed by atoms with Crippen LogP contribution in [-0.2, 0) is 22.9 Å². The SMILES string of the molecule is CCCCCC(CC1(c2cccc(N3Cc4c(cc(N5CCC(F)(F)CC5)cc4C(F)(F)F)C3=O)c2)COC1)NN/C=N/C. The highest BCUT2D eigenvalue weighted by molar-refractivity contribution is 6.11. The molecule has 2 saturated heterocycles. The number of rotatable bonds is 12. The fourth-order valence-corrected chi connectivity index (χ4v) is 6.44. The van der Waals surface area contributed by atoms with Gasteiger partial charge in [0.25, 0.3) is 11.8 Å². The van der Waals surface area contributed by atoms with Gasteiger partial charge in [0, 0.05) is 61.4 Å². The maximum absolute atomic E-state index is 14.3. The van der Waals surface area contributed by atoms with Crippen LogP contribution in [0.2, 0.25) is 0 Å². The lowest BCUT2D eigenvalue weighted by atomic mass is 9.73. The van der Waals surface area contributed by atoms with Crippen LogP contribution in [0.1, 0.15) is 78.9 Å². The smallest absolute Gasteiger partial charge is 0.379 e. The highest BCUT2D eigenvalue weighted by atomic mass is 19.4. The molecule has 1 unspecified atom stereocenters. The summed E-state index contributed by atoms with van der Waals surface area (Å²) in [6, 6.07) is 9.98. The Bertz CT molecular complexity index is 1350. The molecule has 3 heterocycles. The molecule has 3 aliphatic rings. The van der Waals surface area contributed by atoms with Crippen molar-refractivity contribution in [1.82, 2.24) is 10.9 Å². The first-order valence-corrected chi connectivity index (χ1v) is 15.2. The van der Waals surface area contributed by atoms with E-state index in [1.165, 1.54) is 15.9 Å². The molecule has 2 fully saturated rings. The van der Waals surface area contributed by atoms with E-state index in [0.717, 1.165) is 43.7 Å². The molecule has 2 N–H and O–H groups in total. The Hall–Kier alpha value is -3.25. The van der Waals surface area contributed by atoms with Crippen molar-refractivity contribution < 1.29 is 31.5 Å². The zero-order chi connectivity index (χ0) is 31.5. The van der Waals surface area contributed by atoms with Crippen LogP contribution in [0.3, 0.4) is 0 Å². The Labute approximate surface area is 254 Å². The van der Waals surface area contributed by atoms with E-state index >= 15 is 0 Å². The topological polar surface area (TPSA) is 69.2 Å². The Morgan fingerprint density at radius 2 is 1.84 bits per heavy atom. The number of unbranched alkanes of at least 4 members (excludes halogenated alkanes) is 2. The number of nitrogens with zero attached hydrogens (tertiary/aromatic N) is 3. The van der Waals surface area contributed by atoms with E-state index in [-0.39, 0.29) is 47.9 Å². The van der Waals surface area contributed by atoms with Crippen molar-refractivity contribution >= 4 is 23.6 Å². The summed E-state index contributed by atoms with van der Waals surface area (Å²) in [5.41, 5.74) is 6.65. The van der Waals surface area contributed by atoms with E-state index in [9.17, 15) is 26.7 Å². The summed E-state index contributed by atoms with van der Waals surface area (Å²) in [6.07, 6.45) is 0.971. The van der Waals surface area contributed by atoms with E-state index in [2.05, 4.69) is 22.8 Å². The average molecular weight is 622 g/mol. The average Bonchev–Trinajstić information content (AvgIpc) is 3.30. The van der Waals surface area contributed by atoms with Gasteiger partial charge in [-0.15, -0.1) is 0 Å². The Morgan fingerprint density at radius 1 is 1.09 bits per heavy atom. The number of carbonyl (C=O) groups excluding carboxylic acids is 1. The largest absolute Gasteiger partial charge is 0.416 e. The zero-order valence-electron chi connectivity index (χ0n) is 25.2. The number of alkyl halides is 5. The summed E-state index contributed by atoms with van der Waals surface area (Å²) in [7, 11) is 1.68. The van der Waals surface area contributed by atoms with Crippen LogP contribution in [0.25, 0.3) is 0 Å². The summed E-state index contributed by atoms with van der Waals surface area (Å²) in [6.45, 7) is 2.76. The Balaban J connectivity index is 1.41. The van der Waals surface area contributed by atoms with Gasteiger partial charge in [0.15, 0.2) is 0 Å². The van der Waals surface area contributed by atoms with Crippen LogP contribution in [0, 0.1) is 0 Å². The molecule has 1 amide bonds. The maximum Gasteiger partial charge on any atom is 0.416 e. The molecule has 2 aromatic carbocycles. The molecule has 2 aromatic rings. The van der Waals surface area contributed by atoms with Gasteiger partial charge in [-0.25, -0.2) is 14.2 Å². The fraction of sp³-hybridized carbons (Fsp3) is 0.562. The third-order valence-electron chi connectivity index (χ3n) is 8.99. The minimum atomic E-state index is -4.71. The number of hydrogen-bond acceptors (Lipinski definition) is 5. The van der Waals surface area contributed by atoms with Gasteiger partial charge in [0.05, 0.1) is 31.7 Å². The van der Waals surface area contributed by atoms with E-state index in [1.807, 2.05) is 18.2 Å². The molecule has 44 heavy (non-hydrogen) atoms. The number of aliphatic imine (C=N–C) groups is 1. The van der Waals surface area contributed by atoms with E-state index in [1.54, 1.807) is 19.5 Å². The van der Waals surface area contributed by atoms with Crippen LogP contribution in [0.5, 0.6) is 0 Å². The van der Waals surface area contributed by atoms with Crippen LogP contribution in [0.15, 0.2) is 41.4 Å². The molecule has 0 bridgehead atoms. The molecule has 12 heteroatoms. The van der Waals surface area contributed by atoms with Crippen molar-refractivity contribution in [2.75, 3.05) is 43.2 Å². The first-order chi connectivity index (χ1) is 21.0. The van der Waals surface area contributed by atoms with Crippen molar-refractivity contribution in [2.45, 2.75) is 82.0 Å². The summed E-state index contributed by atoms with van der Waals surface area (Å²) in [5, 5.41) is 0. The number of anilines is 2. The third kappa shape index (κ3) is 6.86. The second-order valence-electron chi connectivity index (χ2n) is 12.1. The summed E-state index contributed by atoms with van der Waals surface area (Å²) >= 11 is 0. The molecular weight excluding hydrogens is 581 g/mol. The highest BCUT2D eigenvalue weighted by Gasteiger charge is 2.44. The third-order valence-corrected chi connectivity index (χ3v) is 8.99. The number of halogens is 5. The zero-order valence-corrected chi connectivity index (χ0v) is 25.2. The Morgan fingerprint density at radius 3 is 2.48 bits per heavy atom. The quantitative estimate of drug-likeness (QED) is 0.0937. The molecule has 7 nitrogen and oxygen atoms in total. The molecule has 0 aromatic heterocycles. The monoisotopic (exact) mass is 621 g/mol. The van der Waals surface area contributed by atoms with Gasteiger partial charge < -0.3 is 20.0 Å². The standard InChI is InChI=1S/C32H40F5N5O2/c1-3-4-5-8-23(40-39-21-38-2)17-30(19-44-20-30)22-7-6-9-24(14-22)42-18-27-26(29(42)43)15-25(16-28(27)32(35,36)37)41-12-10-31(33,34)11-13-41/h6-7,9,14-16,21,23,40H,3-5,8,10-13,17-20H2,1-2H3,(H,38,39). The highest BCUT2D eigenvalue weighted by Crippen LogP contribution is 2.44. The fourth-order valence-electron chi connectivity index (χ4n) is 6.44. The Kier molecular flexibility index (Phi) is 9.50. The normalized spacial score (nSPS) is 20.1. The molecule has 240 valence electrons. The van der Waals surface area contributed by atoms with Gasteiger partial charge in [-0.1, -0.05) is 38.3 Å². The lowest BCUT2D eigenvalue weighted by molar-refractivity contribution is -0.138. The molecular formula is C32H40F5N5O2. The van der Waals surface area contributed by atoms with Crippen LogP contribution in [0.4, 0.5) is 33.3 Å². The number of hydrazine groups is 1. The molecule has 0 spiro atoms. The van der Waals surface area contributed by atoms with Crippen LogP contribution >= 0.6 is 0 Å². The molecule has 0 aliphatic carbocycles. The number of ether oxygens (including phenoxy) is 1. The van der Waals surface area contributed by atoms with Crippen molar-refractivity contribution in [2.24, 2.45) is 4.99 Å². The first-order valence-electron chi connectivity index (χ1n) is 15.2. The van der Waals surface area contributed by atoms with Crippen molar-refractivity contribution in [1.29, 1.82) is 0 Å². The predicted octanol–water partition coefficient (Wildman–Crippen LogP) is 6.46. The van der Waals surface area contributed by atoms with E-state index < -0.39 is 36.4 Å². The van der Waals surface area contributed by atoms with E-state index in [4.69, 9.17) is 4.74 Å². The number of hydrogen-bond donors (Lipinski definition) is 2. The number of amides is 1. The van der Waals surface area contributed by atoms with Crippen molar-refractivity contribution in [3.05, 3.63) is 58.7 Å². The first kappa shape index (κ1) is 32.2. The number of fused-ring (bicyclic) bond motifs is 1. The van der Waals surface area contributed by atoms with Gasteiger partial charge >= 0.3 is 6.18 Å². The van der Waals surface area contributed by atoms with Gasteiger partial charge in [0.2, 0.25) is 0 Å². The molecule has 3 aliphatic heterocycles. The van der Waals surface area contributed by atoms with E-state index in [0.29, 0.717) is 18.9 Å². The lowest BCUT2D eigenvalue weighted by Crippen LogP contribution is -2.53. The number of nitrogens with one attached hydrogen (secondary N) is 2. The van der Waals surface area contributed by atoms with Gasteiger partial charge in [0.1, 0.15) is 0 Å². The number of piperidine rings is 1. The summed E-state index contributed by atoms with van der Waals surface area (Å²) < 4.78 is 76.0. The maximum atomic E-state index is 14.3. The van der Waals surface area contributed by atoms with Gasteiger partial charge in [-0.05, 0) is 48.2 Å². The van der Waals surface area contributed by atoms with Crippen molar-refractivity contribution in [3.63, 3.8) is 0 Å². The molecule has 5 rings (SSSR count). The minimum Gasteiger partial charge on any atom is -0.379 e. The van der Waals surface area contributed by atoms with Crippen LogP contribution < -0.4 is 20.7 Å². The molecule has 0 radical (unpaired) electrons. The predicted molar refractivity (Wildman–Crippen MR) is 161 cm³/mol. The van der Waals surface area contributed by atoms with Gasteiger partial charge in [-0.2, -0.15) is 13.2 Å². The second-order valence-corrected chi connectivity index (χ2v) is 12.1. The molecule has 0 saturated carbocycles. The minimum absolute atomic E-state index is 0.0388. The van der Waals surface area contributed by atoms with Crippen molar-refractivity contribution in [3.8, 4) is 0 Å². The second kappa shape index (κ2) is 13.0. The summed E-state index contributed by atoms with van der Waals surface area (Å²) in [4.78, 5) is 20.5. The molecule has 1 atom stereocenters. The lowest BCUT2D eigenvalue weighted by Gasteiger charge is -2.44. The van der Waals surface area contributed by atoms with Crippen LogP contribution in [-0.4, -0.2) is 57.6 Å². The van der Waals surface area contributed by atoms with Gasteiger partial charge in [-0.3, -0.25) is 9.79 Å². The number of benzene rings is 2.